The molecule has 194 valence electrons. The average Bonchev–Trinajstić information content (AvgIpc) is 2.94. The molecule has 8 heteroatoms. The van der Waals surface area contributed by atoms with Crippen LogP contribution in [0.3, 0.4) is 0 Å². The van der Waals surface area contributed by atoms with Gasteiger partial charge in [-0.1, -0.05) is 48.0 Å². The third-order valence-electron chi connectivity index (χ3n) is 6.86. The zero-order valence-corrected chi connectivity index (χ0v) is 21.8. The monoisotopic (exact) mass is 530 g/mol. The van der Waals surface area contributed by atoms with Crippen molar-refractivity contribution in [2.24, 2.45) is 0 Å². The van der Waals surface area contributed by atoms with Gasteiger partial charge in [-0.15, -0.1) is 0 Å². The first-order valence-electron chi connectivity index (χ1n) is 12.5. The Morgan fingerprint density at radius 2 is 1.71 bits per heavy atom. The van der Waals surface area contributed by atoms with E-state index in [2.05, 4.69) is 39.5 Å². The van der Waals surface area contributed by atoms with E-state index in [4.69, 9.17) is 21.3 Å². The molecule has 1 aliphatic rings. The highest BCUT2D eigenvalue weighted by Gasteiger charge is 2.25. The van der Waals surface area contributed by atoms with Gasteiger partial charge in [0, 0.05) is 30.3 Å². The standard InChI is InChI=1S/C30H28ClFN4O2/c1-38-28-11-10-26(34-30(37)24-12-15-33-27(31)18-24)29(35-28)23-13-16-36(17-14-23)19-20-2-4-21(5-3-20)22-6-8-25(32)9-7-22/h2-12,15,18,23H,13-14,16-17,19H2,1H3,(H,34,37). The Labute approximate surface area is 226 Å². The fourth-order valence-electron chi connectivity index (χ4n) is 4.79. The summed E-state index contributed by atoms with van der Waals surface area (Å²) < 4.78 is 18.6. The summed E-state index contributed by atoms with van der Waals surface area (Å²) in [5, 5.41) is 3.26. The molecule has 1 fully saturated rings. The molecule has 0 bridgehead atoms. The summed E-state index contributed by atoms with van der Waals surface area (Å²) in [5.74, 6) is 0.224. The van der Waals surface area contributed by atoms with E-state index in [1.54, 1.807) is 31.4 Å². The number of amides is 1. The molecule has 6 nitrogen and oxygen atoms in total. The van der Waals surface area contributed by atoms with Gasteiger partial charge in [-0.25, -0.2) is 14.4 Å². The topological polar surface area (TPSA) is 67.3 Å². The summed E-state index contributed by atoms with van der Waals surface area (Å²) >= 11 is 5.96. The molecule has 0 radical (unpaired) electrons. The molecule has 1 N–H and O–H groups in total. The molecule has 5 rings (SSSR count). The van der Waals surface area contributed by atoms with Crippen LogP contribution in [0.2, 0.25) is 5.15 Å². The van der Waals surface area contributed by atoms with Gasteiger partial charge in [-0.2, -0.15) is 0 Å². The number of rotatable bonds is 7. The van der Waals surface area contributed by atoms with E-state index in [9.17, 15) is 9.18 Å². The minimum Gasteiger partial charge on any atom is -0.481 e. The van der Waals surface area contributed by atoms with Crippen LogP contribution in [0.5, 0.6) is 5.88 Å². The smallest absolute Gasteiger partial charge is 0.255 e. The molecule has 2 aromatic heterocycles. The van der Waals surface area contributed by atoms with Gasteiger partial charge in [0.1, 0.15) is 11.0 Å². The number of nitrogens with zero attached hydrogens (tertiary/aromatic N) is 3. The maximum atomic E-state index is 13.2. The van der Waals surface area contributed by atoms with Crippen LogP contribution in [-0.4, -0.2) is 41.0 Å². The minimum atomic E-state index is -0.260. The van der Waals surface area contributed by atoms with E-state index in [-0.39, 0.29) is 22.8 Å². The summed E-state index contributed by atoms with van der Waals surface area (Å²) in [5.41, 5.74) is 5.25. The molecule has 2 aromatic carbocycles. The van der Waals surface area contributed by atoms with Crippen molar-refractivity contribution < 1.29 is 13.9 Å². The van der Waals surface area contributed by atoms with Crippen LogP contribution >= 0.6 is 11.6 Å². The number of ether oxygens (including phenoxy) is 1. The molecule has 1 aliphatic heterocycles. The largest absolute Gasteiger partial charge is 0.481 e. The van der Waals surface area contributed by atoms with Gasteiger partial charge in [-0.05, 0) is 73.0 Å². The van der Waals surface area contributed by atoms with E-state index in [1.165, 1.54) is 30.0 Å². The quantitative estimate of drug-likeness (QED) is 0.273. The Morgan fingerprint density at radius 3 is 2.37 bits per heavy atom. The molecule has 38 heavy (non-hydrogen) atoms. The normalized spacial score (nSPS) is 14.3. The average molecular weight is 531 g/mol. The van der Waals surface area contributed by atoms with E-state index in [0.29, 0.717) is 17.1 Å². The van der Waals surface area contributed by atoms with Gasteiger partial charge in [0.15, 0.2) is 0 Å². The maximum Gasteiger partial charge on any atom is 0.255 e. The number of nitrogens with one attached hydrogen (secondary N) is 1. The Morgan fingerprint density at radius 1 is 1.03 bits per heavy atom. The third-order valence-corrected chi connectivity index (χ3v) is 7.06. The van der Waals surface area contributed by atoms with Crippen molar-refractivity contribution in [3.63, 3.8) is 0 Å². The van der Waals surface area contributed by atoms with Crippen molar-refractivity contribution in [3.05, 3.63) is 107 Å². The lowest BCUT2D eigenvalue weighted by molar-refractivity contribution is 0.102. The molecule has 0 aliphatic carbocycles. The SMILES string of the molecule is COc1ccc(NC(=O)c2ccnc(Cl)c2)c(C2CCN(Cc3ccc(-c4ccc(F)cc4)cc3)CC2)n1. The van der Waals surface area contributed by atoms with Crippen molar-refractivity contribution >= 4 is 23.2 Å². The van der Waals surface area contributed by atoms with Gasteiger partial charge in [0.2, 0.25) is 5.88 Å². The fourth-order valence-corrected chi connectivity index (χ4v) is 4.97. The van der Waals surface area contributed by atoms with Gasteiger partial charge < -0.3 is 10.1 Å². The Balaban J connectivity index is 1.23. The first kappa shape index (κ1) is 25.8. The summed E-state index contributed by atoms with van der Waals surface area (Å²) in [4.78, 5) is 23.9. The number of hydrogen-bond acceptors (Lipinski definition) is 5. The third kappa shape index (κ3) is 6.18. The number of carbonyl (C=O) groups is 1. The van der Waals surface area contributed by atoms with Crippen LogP contribution < -0.4 is 10.1 Å². The van der Waals surface area contributed by atoms with Gasteiger partial charge in [0.05, 0.1) is 18.5 Å². The van der Waals surface area contributed by atoms with Crippen LogP contribution in [0, 0.1) is 5.82 Å². The zero-order valence-electron chi connectivity index (χ0n) is 21.0. The summed E-state index contributed by atoms with van der Waals surface area (Å²) in [6.07, 6.45) is 3.34. The van der Waals surface area contributed by atoms with Crippen LogP contribution in [0.25, 0.3) is 11.1 Å². The number of hydrogen-bond donors (Lipinski definition) is 1. The second-order valence-corrected chi connectivity index (χ2v) is 9.75. The highest BCUT2D eigenvalue weighted by Crippen LogP contribution is 2.34. The molecule has 3 heterocycles. The lowest BCUT2D eigenvalue weighted by atomic mass is 9.91. The van der Waals surface area contributed by atoms with Gasteiger partial charge in [0.25, 0.3) is 5.91 Å². The van der Waals surface area contributed by atoms with Crippen LogP contribution in [-0.2, 0) is 6.54 Å². The molecule has 0 saturated carbocycles. The van der Waals surface area contributed by atoms with E-state index >= 15 is 0 Å². The summed E-state index contributed by atoms with van der Waals surface area (Å²) in [6, 6.07) is 21.8. The number of carbonyl (C=O) groups excluding carboxylic acids is 1. The number of methoxy groups -OCH3 is 1. The number of likely N-dealkylation sites (tertiary alicyclic amines) is 1. The van der Waals surface area contributed by atoms with Crippen LogP contribution in [0.15, 0.2) is 79.0 Å². The highest BCUT2D eigenvalue weighted by atomic mass is 35.5. The molecule has 1 amide bonds. The lowest BCUT2D eigenvalue weighted by Crippen LogP contribution is -2.33. The molecular formula is C30H28ClFN4O2. The van der Waals surface area contributed by atoms with E-state index in [0.717, 1.165) is 49.3 Å². The number of halogens is 2. The molecule has 0 atom stereocenters. The maximum absolute atomic E-state index is 13.2. The number of aromatic nitrogens is 2. The molecule has 0 spiro atoms. The van der Waals surface area contributed by atoms with Gasteiger partial charge >= 0.3 is 0 Å². The van der Waals surface area contributed by atoms with Crippen molar-refractivity contribution in [2.75, 3.05) is 25.5 Å². The van der Waals surface area contributed by atoms with Crippen LogP contribution in [0.1, 0.15) is 40.4 Å². The first-order chi connectivity index (χ1) is 18.5. The second kappa shape index (κ2) is 11.7. The van der Waals surface area contributed by atoms with Crippen molar-refractivity contribution in [2.45, 2.75) is 25.3 Å². The van der Waals surface area contributed by atoms with E-state index in [1.807, 2.05) is 6.07 Å². The molecule has 4 aromatic rings. The highest BCUT2D eigenvalue weighted by molar-refractivity contribution is 6.29. The Hall–Kier alpha value is -3.81. The van der Waals surface area contributed by atoms with Crippen molar-refractivity contribution in [1.82, 2.24) is 14.9 Å². The van der Waals surface area contributed by atoms with E-state index < -0.39 is 0 Å². The van der Waals surface area contributed by atoms with Crippen molar-refractivity contribution in [1.29, 1.82) is 0 Å². The summed E-state index contributed by atoms with van der Waals surface area (Å²) in [6.45, 7) is 2.68. The molecule has 0 unspecified atom stereocenters. The predicted octanol–water partition coefficient (Wildman–Crippen LogP) is 6.58. The number of piperidine rings is 1. The predicted molar refractivity (Wildman–Crippen MR) is 147 cm³/mol. The second-order valence-electron chi connectivity index (χ2n) is 9.36. The van der Waals surface area contributed by atoms with Crippen LogP contribution in [0.4, 0.5) is 10.1 Å². The number of pyridine rings is 2. The lowest BCUT2D eigenvalue weighted by Gasteiger charge is -2.32. The first-order valence-corrected chi connectivity index (χ1v) is 12.9. The fraction of sp³-hybridized carbons (Fsp3) is 0.233. The molecule has 1 saturated heterocycles. The molecular weight excluding hydrogens is 503 g/mol. The minimum absolute atomic E-state index is 0.193. The summed E-state index contributed by atoms with van der Waals surface area (Å²) in [7, 11) is 1.59. The Bertz CT molecular complexity index is 1400. The number of benzene rings is 2. The number of anilines is 1. The van der Waals surface area contributed by atoms with Gasteiger partial charge in [-0.3, -0.25) is 9.69 Å². The van der Waals surface area contributed by atoms with Crippen molar-refractivity contribution in [3.8, 4) is 17.0 Å². The Kier molecular flexibility index (Phi) is 7.96. The zero-order chi connectivity index (χ0) is 26.5.